The predicted molar refractivity (Wildman–Crippen MR) is 114 cm³/mol. The molecule has 3 unspecified atom stereocenters. The molecule has 144 valence electrons. The van der Waals surface area contributed by atoms with Gasteiger partial charge in [0.2, 0.25) is 0 Å². The fourth-order valence-electron chi connectivity index (χ4n) is 4.91. The molecule has 0 saturated carbocycles. The first-order valence-corrected chi connectivity index (χ1v) is 10.5. The van der Waals surface area contributed by atoms with E-state index in [0.717, 1.165) is 30.2 Å². The summed E-state index contributed by atoms with van der Waals surface area (Å²) < 4.78 is 0. The molecule has 3 aromatic rings. The lowest BCUT2D eigenvalue weighted by molar-refractivity contribution is 0.197. The van der Waals surface area contributed by atoms with Crippen molar-refractivity contribution in [3.8, 4) is 0 Å². The molecule has 0 radical (unpaired) electrons. The number of pyridine rings is 1. The first-order valence-electron chi connectivity index (χ1n) is 10.1. The number of para-hydroxylation sites is 1. The Morgan fingerprint density at radius 2 is 2.04 bits per heavy atom. The lowest BCUT2D eigenvalue weighted by Crippen LogP contribution is -2.47. The van der Waals surface area contributed by atoms with E-state index in [1.165, 1.54) is 29.4 Å². The van der Waals surface area contributed by atoms with Gasteiger partial charge < -0.3 is 0 Å². The molecule has 0 bridgehead atoms. The van der Waals surface area contributed by atoms with Crippen LogP contribution in [0.15, 0.2) is 60.8 Å². The Balaban J connectivity index is 1.40. The number of likely N-dealkylation sites (tertiary alicyclic amines) is 1. The van der Waals surface area contributed by atoms with Crippen molar-refractivity contribution < 1.29 is 0 Å². The van der Waals surface area contributed by atoms with Crippen molar-refractivity contribution >= 4 is 22.5 Å². The number of nitrogens with one attached hydrogen (secondary N) is 2. The zero-order chi connectivity index (χ0) is 18.9. The Hall–Kier alpha value is -1.98. The fourth-order valence-corrected chi connectivity index (χ4v) is 5.11. The standard InChI is InChI=1S/C23H25ClN4/c24-18-6-3-5-16(13-18)20-14-26-27-23(20)22-9-4-12-28(22)15-17-10-11-25-21-8-2-1-7-19(17)21/h1-3,5-8,10-11,13,20,22-23,26-27H,4,9,12,14-15H2. The van der Waals surface area contributed by atoms with E-state index in [1.54, 1.807) is 0 Å². The Labute approximate surface area is 170 Å². The molecular weight excluding hydrogens is 368 g/mol. The summed E-state index contributed by atoms with van der Waals surface area (Å²) in [7, 11) is 0. The summed E-state index contributed by atoms with van der Waals surface area (Å²) >= 11 is 6.26. The third-order valence-electron chi connectivity index (χ3n) is 6.24. The van der Waals surface area contributed by atoms with E-state index >= 15 is 0 Å². The van der Waals surface area contributed by atoms with Crippen LogP contribution in [0.25, 0.3) is 10.9 Å². The van der Waals surface area contributed by atoms with Gasteiger partial charge in [-0.1, -0.05) is 41.9 Å². The maximum Gasteiger partial charge on any atom is 0.0705 e. The molecule has 28 heavy (non-hydrogen) atoms. The molecule has 5 rings (SSSR count). The van der Waals surface area contributed by atoms with Gasteiger partial charge in [-0.05, 0) is 54.8 Å². The van der Waals surface area contributed by atoms with Crippen molar-refractivity contribution in [2.75, 3.05) is 13.1 Å². The number of nitrogens with zero attached hydrogens (tertiary/aromatic N) is 2. The third kappa shape index (κ3) is 3.42. The molecule has 5 heteroatoms. The Morgan fingerprint density at radius 1 is 1.11 bits per heavy atom. The molecule has 4 nitrogen and oxygen atoms in total. The highest BCUT2D eigenvalue weighted by Gasteiger charge is 2.39. The first-order chi connectivity index (χ1) is 13.8. The summed E-state index contributed by atoms with van der Waals surface area (Å²) in [5.74, 6) is 0.429. The van der Waals surface area contributed by atoms with Crippen LogP contribution in [0.1, 0.15) is 29.9 Å². The fraction of sp³-hybridized carbons (Fsp3) is 0.348. The SMILES string of the molecule is Clc1cccc(C2CNNC2C2CCCN2Cc2ccnc3ccccc23)c1. The molecule has 0 aliphatic carbocycles. The monoisotopic (exact) mass is 392 g/mol. The number of benzene rings is 2. The van der Waals surface area contributed by atoms with Crippen molar-refractivity contribution in [2.24, 2.45) is 0 Å². The van der Waals surface area contributed by atoms with Crippen LogP contribution in [0.2, 0.25) is 5.02 Å². The Morgan fingerprint density at radius 3 is 2.96 bits per heavy atom. The quantitative estimate of drug-likeness (QED) is 0.700. The summed E-state index contributed by atoms with van der Waals surface area (Å²) in [4.78, 5) is 7.16. The van der Waals surface area contributed by atoms with Gasteiger partial charge in [0.05, 0.1) is 5.52 Å². The minimum Gasteiger partial charge on any atom is -0.294 e. The van der Waals surface area contributed by atoms with Crippen LogP contribution < -0.4 is 10.9 Å². The van der Waals surface area contributed by atoms with Crippen LogP contribution in [0, 0.1) is 0 Å². The van der Waals surface area contributed by atoms with Gasteiger partial charge in [0.15, 0.2) is 0 Å². The number of hydrogen-bond donors (Lipinski definition) is 2. The van der Waals surface area contributed by atoms with Crippen molar-refractivity contribution in [3.05, 3.63) is 76.9 Å². The largest absolute Gasteiger partial charge is 0.294 e. The van der Waals surface area contributed by atoms with Crippen molar-refractivity contribution in [2.45, 2.75) is 37.4 Å². The smallest absolute Gasteiger partial charge is 0.0705 e. The van der Waals surface area contributed by atoms with Crippen molar-refractivity contribution in [3.63, 3.8) is 0 Å². The zero-order valence-electron chi connectivity index (χ0n) is 15.8. The molecule has 1 aromatic heterocycles. The van der Waals surface area contributed by atoms with Crippen LogP contribution in [0.3, 0.4) is 0 Å². The van der Waals surface area contributed by atoms with Crippen molar-refractivity contribution in [1.82, 2.24) is 20.7 Å². The second kappa shape index (κ2) is 7.80. The molecule has 0 spiro atoms. The van der Waals surface area contributed by atoms with Gasteiger partial charge >= 0.3 is 0 Å². The summed E-state index contributed by atoms with van der Waals surface area (Å²) in [6.45, 7) is 3.05. The van der Waals surface area contributed by atoms with Gasteiger partial charge in [-0.25, -0.2) is 0 Å². The predicted octanol–water partition coefficient (Wildman–Crippen LogP) is 4.11. The molecule has 3 heterocycles. The normalized spacial score (nSPS) is 25.5. The summed E-state index contributed by atoms with van der Waals surface area (Å²) in [5.41, 5.74) is 10.7. The Bertz CT molecular complexity index is 970. The van der Waals surface area contributed by atoms with Crippen LogP contribution >= 0.6 is 11.6 Å². The number of hydrazine groups is 1. The number of aromatic nitrogens is 1. The second-order valence-electron chi connectivity index (χ2n) is 7.88. The minimum atomic E-state index is 0.383. The molecule has 2 aliphatic heterocycles. The highest BCUT2D eigenvalue weighted by atomic mass is 35.5. The molecule has 2 aromatic carbocycles. The summed E-state index contributed by atoms with van der Waals surface area (Å²) in [6, 6.07) is 19.8. The van der Waals surface area contributed by atoms with Crippen LogP contribution in [0.4, 0.5) is 0 Å². The van der Waals surface area contributed by atoms with E-state index in [2.05, 4.69) is 69.3 Å². The van der Waals surface area contributed by atoms with Gasteiger partial charge in [-0.2, -0.15) is 0 Å². The average Bonchev–Trinajstić information content (AvgIpc) is 3.37. The zero-order valence-corrected chi connectivity index (χ0v) is 16.6. The maximum atomic E-state index is 6.26. The van der Waals surface area contributed by atoms with Gasteiger partial charge in [0.1, 0.15) is 0 Å². The lowest BCUT2D eigenvalue weighted by Gasteiger charge is -2.32. The van der Waals surface area contributed by atoms with E-state index in [1.807, 2.05) is 12.3 Å². The molecular formula is C23H25ClN4. The van der Waals surface area contributed by atoms with Crippen LogP contribution in [-0.4, -0.2) is 35.1 Å². The van der Waals surface area contributed by atoms with Crippen LogP contribution in [-0.2, 0) is 6.54 Å². The van der Waals surface area contributed by atoms with Crippen LogP contribution in [0.5, 0.6) is 0 Å². The number of rotatable bonds is 4. The first kappa shape index (κ1) is 18.1. The van der Waals surface area contributed by atoms with E-state index in [9.17, 15) is 0 Å². The molecule has 2 saturated heterocycles. The minimum absolute atomic E-state index is 0.383. The topological polar surface area (TPSA) is 40.2 Å². The Kier molecular flexibility index (Phi) is 5.03. The lowest BCUT2D eigenvalue weighted by atomic mass is 9.87. The molecule has 2 N–H and O–H groups in total. The highest BCUT2D eigenvalue weighted by Crippen LogP contribution is 2.33. The molecule has 2 fully saturated rings. The summed E-state index contributed by atoms with van der Waals surface area (Å²) in [5, 5.41) is 2.08. The summed E-state index contributed by atoms with van der Waals surface area (Å²) in [6.07, 6.45) is 4.40. The highest BCUT2D eigenvalue weighted by molar-refractivity contribution is 6.30. The van der Waals surface area contributed by atoms with E-state index in [4.69, 9.17) is 11.6 Å². The number of halogens is 1. The molecule has 3 atom stereocenters. The third-order valence-corrected chi connectivity index (χ3v) is 6.48. The van der Waals surface area contributed by atoms with E-state index in [-0.39, 0.29) is 0 Å². The van der Waals surface area contributed by atoms with Gasteiger partial charge in [-0.15, -0.1) is 0 Å². The molecule has 0 amide bonds. The average molecular weight is 393 g/mol. The number of hydrogen-bond acceptors (Lipinski definition) is 4. The second-order valence-corrected chi connectivity index (χ2v) is 8.32. The van der Waals surface area contributed by atoms with Gasteiger partial charge in [0, 0.05) is 47.7 Å². The maximum absolute atomic E-state index is 6.26. The van der Waals surface area contributed by atoms with Gasteiger partial charge in [-0.3, -0.25) is 20.7 Å². The van der Waals surface area contributed by atoms with E-state index < -0.39 is 0 Å². The van der Waals surface area contributed by atoms with Crippen molar-refractivity contribution in [1.29, 1.82) is 0 Å². The number of fused-ring (bicyclic) bond motifs is 1. The van der Waals surface area contributed by atoms with E-state index in [0.29, 0.717) is 18.0 Å². The molecule has 2 aliphatic rings. The van der Waals surface area contributed by atoms with Gasteiger partial charge in [0.25, 0.3) is 0 Å².